The number of methoxy groups -OCH3 is 2. The Kier molecular flexibility index (Phi) is 13.0. The second kappa shape index (κ2) is 17.6. The second-order valence-electron chi connectivity index (χ2n) is 11.9. The summed E-state index contributed by atoms with van der Waals surface area (Å²) in [5.41, 5.74) is 1.75. The summed E-state index contributed by atoms with van der Waals surface area (Å²) in [6.07, 6.45) is 3.14. The third-order valence-corrected chi connectivity index (χ3v) is 10.5. The number of esters is 1. The van der Waals surface area contributed by atoms with Gasteiger partial charge in [-0.2, -0.15) is 4.73 Å². The fourth-order valence-corrected chi connectivity index (χ4v) is 7.69. The van der Waals surface area contributed by atoms with E-state index in [2.05, 4.69) is 4.90 Å². The largest absolute Gasteiger partial charge is 0.619 e. The lowest BCUT2D eigenvalue weighted by molar-refractivity contribution is -0.605. The smallest absolute Gasteiger partial charge is 0.414 e. The zero-order chi connectivity index (χ0) is 36.5. The van der Waals surface area contributed by atoms with Crippen molar-refractivity contribution in [2.75, 3.05) is 38.8 Å². The molecule has 51 heavy (non-hydrogen) atoms. The summed E-state index contributed by atoms with van der Waals surface area (Å²) in [7, 11) is 3.04. The van der Waals surface area contributed by atoms with Gasteiger partial charge in [-0.25, -0.2) is 9.59 Å². The van der Waals surface area contributed by atoms with E-state index in [9.17, 15) is 14.8 Å². The van der Waals surface area contributed by atoms with Crippen molar-refractivity contribution in [2.24, 2.45) is 5.92 Å². The number of halogens is 2. The third kappa shape index (κ3) is 9.41. The number of thiophene rings is 1. The molecule has 0 radical (unpaired) electrons. The second-order valence-corrected chi connectivity index (χ2v) is 13.8. The molecule has 0 unspecified atom stereocenters. The molecule has 0 spiro atoms. The molecule has 2 aromatic carbocycles. The van der Waals surface area contributed by atoms with E-state index in [1.807, 2.05) is 36.4 Å². The van der Waals surface area contributed by atoms with E-state index in [0.717, 1.165) is 37.4 Å². The van der Waals surface area contributed by atoms with Crippen LogP contribution in [-0.2, 0) is 27.2 Å². The number of pyridine rings is 1. The number of carbonyl (C=O) groups excluding carboxylic acids is 2. The fourth-order valence-electron chi connectivity index (χ4n) is 6.21. The van der Waals surface area contributed by atoms with Crippen LogP contribution in [0, 0.1) is 11.1 Å². The number of para-hydroxylation sites is 1. The van der Waals surface area contributed by atoms with Crippen LogP contribution < -0.4 is 19.1 Å². The minimum absolute atomic E-state index is 0.0885. The first-order chi connectivity index (χ1) is 24.6. The Labute approximate surface area is 309 Å². The lowest BCUT2D eigenvalue weighted by Gasteiger charge is -2.44. The van der Waals surface area contributed by atoms with Crippen molar-refractivity contribution in [3.8, 4) is 11.5 Å². The molecule has 1 amide bonds. The van der Waals surface area contributed by atoms with Gasteiger partial charge in [0.2, 0.25) is 0 Å². The van der Waals surface area contributed by atoms with Crippen LogP contribution in [0.2, 0.25) is 10.0 Å². The van der Waals surface area contributed by atoms with E-state index < -0.39 is 18.2 Å². The van der Waals surface area contributed by atoms with E-state index >= 15 is 0 Å². The third-order valence-electron chi connectivity index (χ3n) is 8.79. The molecule has 4 aromatic rings. The number of aromatic nitrogens is 1. The molecular weight excluding hydrogens is 721 g/mol. The minimum Gasteiger partial charge on any atom is -0.619 e. The number of carbonyl (C=O) groups is 3. The van der Waals surface area contributed by atoms with Gasteiger partial charge in [0.25, 0.3) is 6.47 Å². The number of carboxylic acid groups (broad SMARTS) is 1. The average Bonchev–Trinajstić information content (AvgIpc) is 3.61. The van der Waals surface area contributed by atoms with Crippen LogP contribution in [0.25, 0.3) is 0 Å². The SMILES string of the molecule is COc1ccc([C@H](Cc2c(Cl)c[n+]([O-])cc2Cl)OC(=O)c2ccc(CN(C(=O)O[C@H]3CN4CCC3CC4)c3ccccc3)s2)cc1OC.O=CO. The number of nitrogens with zero attached hydrogens (tertiary/aromatic N) is 3. The van der Waals surface area contributed by atoms with E-state index in [-0.39, 0.29) is 35.6 Å². The van der Waals surface area contributed by atoms with E-state index in [1.54, 1.807) is 29.2 Å². The quantitative estimate of drug-likeness (QED) is 0.0753. The Hall–Kier alpha value is -4.56. The number of piperidine rings is 3. The number of fused-ring (bicyclic) bond motifs is 3. The summed E-state index contributed by atoms with van der Waals surface area (Å²) in [5, 5.41) is 19.0. The summed E-state index contributed by atoms with van der Waals surface area (Å²) in [6, 6.07) is 18.0. The Morgan fingerprint density at radius 1 is 1.04 bits per heavy atom. The molecule has 3 aliphatic heterocycles. The molecule has 2 aromatic heterocycles. The monoisotopic (exact) mass is 757 g/mol. The number of anilines is 1. The number of ether oxygens (including phenoxy) is 4. The number of hydrogen-bond acceptors (Lipinski definition) is 10. The lowest BCUT2D eigenvalue weighted by atomic mass is 9.86. The van der Waals surface area contributed by atoms with Crippen LogP contribution in [0.1, 0.15) is 44.6 Å². The van der Waals surface area contributed by atoms with Gasteiger partial charge in [0.1, 0.15) is 27.1 Å². The number of hydrogen-bond donors (Lipinski definition) is 1. The molecule has 3 aliphatic rings. The van der Waals surface area contributed by atoms with Crippen LogP contribution in [0.4, 0.5) is 10.5 Å². The molecule has 7 rings (SSSR count). The summed E-state index contributed by atoms with van der Waals surface area (Å²) < 4.78 is 23.5. The van der Waals surface area contributed by atoms with E-state index in [1.165, 1.54) is 38.0 Å². The first-order valence-corrected chi connectivity index (χ1v) is 17.6. The molecule has 0 aliphatic carbocycles. The average molecular weight is 759 g/mol. The Morgan fingerprint density at radius 3 is 2.31 bits per heavy atom. The molecule has 15 heteroatoms. The van der Waals surface area contributed by atoms with E-state index in [0.29, 0.717) is 43.8 Å². The molecule has 3 saturated heterocycles. The fraction of sp³-hybridized carbons (Fsp3) is 0.333. The predicted octanol–water partition coefficient (Wildman–Crippen LogP) is 6.78. The van der Waals surface area contributed by atoms with Gasteiger partial charge in [-0.15, -0.1) is 11.3 Å². The van der Waals surface area contributed by atoms with Crippen molar-refractivity contribution in [3.63, 3.8) is 0 Å². The first kappa shape index (κ1) is 37.7. The Balaban J connectivity index is 0.00000162. The Bertz CT molecular complexity index is 1800. The van der Waals surface area contributed by atoms with Crippen molar-refractivity contribution >= 4 is 58.8 Å². The maximum absolute atomic E-state index is 13.7. The highest BCUT2D eigenvalue weighted by atomic mass is 35.5. The van der Waals surface area contributed by atoms with Crippen molar-refractivity contribution in [1.82, 2.24) is 4.90 Å². The van der Waals surface area contributed by atoms with Gasteiger partial charge in [-0.05, 0) is 73.8 Å². The molecular formula is C36H37Cl2N3O9S. The highest BCUT2D eigenvalue weighted by molar-refractivity contribution is 7.14. The normalized spacial score (nSPS) is 18.1. The summed E-state index contributed by atoms with van der Waals surface area (Å²) in [5.74, 6) is 0.755. The van der Waals surface area contributed by atoms with Gasteiger partial charge in [0.15, 0.2) is 23.9 Å². The lowest BCUT2D eigenvalue weighted by Crippen LogP contribution is -2.53. The predicted molar refractivity (Wildman–Crippen MR) is 192 cm³/mol. The zero-order valence-electron chi connectivity index (χ0n) is 27.9. The van der Waals surface area contributed by atoms with Gasteiger partial charge in [0.05, 0.1) is 20.8 Å². The molecule has 270 valence electrons. The van der Waals surface area contributed by atoms with Crippen LogP contribution in [-0.4, -0.2) is 68.5 Å². The van der Waals surface area contributed by atoms with Gasteiger partial charge in [0, 0.05) is 29.1 Å². The maximum atomic E-state index is 13.7. The van der Waals surface area contributed by atoms with Gasteiger partial charge in [-0.3, -0.25) is 14.6 Å². The molecule has 2 bridgehead atoms. The van der Waals surface area contributed by atoms with E-state index in [4.69, 9.17) is 52.1 Å². The summed E-state index contributed by atoms with van der Waals surface area (Å²) in [6.45, 7) is 2.82. The number of amides is 1. The highest BCUT2D eigenvalue weighted by Crippen LogP contribution is 2.36. The molecule has 3 fully saturated rings. The minimum atomic E-state index is -0.849. The number of benzene rings is 2. The molecule has 5 heterocycles. The molecule has 1 N–H and O–H groups in total. The standard InChI is InChI=1S/C35H35Cl2N3O7S.CH2O2/c1-44-29-10-8-23(16-31(29)45-2)30(17-26-27(36)19-39(43)20-28(26)37)46-34(41)33-11-9-25(48-33)18-40(24-6-4-3-5-7-24)35(42)47-32-21-38-14-12-22(32)13-15-38;2-1-3/h3-11,16,19-20,22,30,32H,12-15,17-18,21H2,1-2H3;1H,(H,2,3)/t30-,32-;/m0./s1. The summed E-state index contributed by atoms with van der Waals surface area (Å²) >= 11 is 14.0. The van der Waals surface area contributed by atoms with Crippen LogP contribution >= 0.6 is 34.5 Å². The van der Waals surface area contributed by atoms with Crippen molar-refractivity contribution in [2.45, 2.75) is 38.0 Å². The molecule has 0 saturated carbocycles. The maximum Gasteiger partial charge on any atom is 0.414 e. The van der Waals surface area contributed by atoms with Crippen molar-refractivity contribution in [1.29, 1.82) is 0 Å². The van der Waals surface area contributed by atoms with Crippen LogP contribution in [0.3, 0.4) is 0 Å². The highest BCUT2D eigenvalue weighted by Gasteiger charge is 2.37. The van der Waals surface area contributed by atoms with Crippen molar-refractivity contribution < 1.29 is 43.2 Å². The summed E-state index contributed by atoms with van der Waals surface area (Å²) in [4.78, 5) is 40.7. The first-order valence-electron chi connectivity index (χ1n) is 16.1. The number of rotatable bonds is 11. The topological polar surface area (TPSA) is 142 Å². The molecule has 12 nitrogen and oxygen atoms in total. The Morgan fingerprint density at radius 2 is 1.71 bits per heavy atom. The zero-order valence-corrected chi connectivity index (χ0v) is 30.2. The van der Waals surface area contributed by atoms with Crippen LogP contribution in [0.5, 0.6) is 11.5 Å². The van der Waals surface area contributed by atoms with Gasteiger partial charge >= 0.3 is 12.1 Å². The van der Waals surface area contributed by atoms with Crippen LogP contribution in [0.15, 0.2) is 73.1 Å². The van der Waals surface area contributed by atoms with Gasteiger partial charge < -0.3 is 29.3 Å². The van der Waals surface area contributed by atoms with Crippen molar-refractivity contribution in [3.05, 3.63) is 109 Å². The van der Waals surface area contributed by atoms with Gasteiger partial charge in [-0.1, -0.05) is 47.5 Å². The molecule has 2 atom stereocenters.